The molecule has 0 amide bonds. The molecule has 0 nitrogen and oxygen atoms in total. The Morgan fingerprint density at radius 2 is 2.40 bits per heavy atom. The summed E-state index contributed by atoms with van der Waals surface area (Å²) in [4.78, 5) is 0. The molecular weight excluding hydrogens is 140 g/mol. The molecule has 0 atom stereocenters. The lowest BCUT2D eigenvalue weighted by atomic mass is 10.1. The first-order valence-corrected chi connectivity index (χ1v) is 4.04. The molecule has 0 heterocycles. The van der Waals surface area contributed by atoms with Crippen molar-refractivity contribution in [2.45, 2.75) is 13.3 Å². The summed E-state index contributed by atoms with van der Waals surface area (Å²) in [6, 6.07) is 9.33. The zero-order chi connectivity index (χ0) is 7.40. The minimum atomic E-state index is 0.903. The molecule has 0 bridgehead atoms. The second-order valence-electron chi connectivity index (χ2n) is 2.36. The van der Waals surface area contributed by atoms with E-state index in [1.165, 1.54) is 11.1 Å². The SMILES string of the molecule is Cc1cc[c]c(CCS)c1. The minimum Gasteiger partial charge on any atom is -0.179 e. The van der Waals surface area contributed by atoms with E-state index >= 15 is 0 Å². The van der Waals surface area contributed by atoms with Crippen LogP contribution in [0.4, 0.5) is 0 Å². The maximum atomic E-state index is 4.15. The van der Waals surface area contributed by atoms with Crippen LogP contribution in [0.1, 0.15) is 11.1 Å². The Bertz CT molecular complexity index is 206. The van der Waals surface area contributed by atoms with Crippen LogP contribution in [0.5, 0.6) is 0 Å². The van der Waals surface area contributed by atoms with Crippen LogP contribution in [0.2, 0.25) is 0 Å². The van der Waals surface area contributed by atoms with Gasteiger partial charge in [-0.2, -0.15) is 12.6 Å². The molecule has 1 rings (SSSR count). The molecule has 0 aliphatic carbocycles. The van der Waals surface area contributed by atoms with Crippen LogP contribution in [-0.2, 0) is 6.42 Å². The highest BCUT2D eigenvalue weighted by Crippen LogP contribution is 2.03. The van der Waals surface area contributed by atoms with Crippen molar-refractivity contribution >= 4 is 12.6 Å². The Morgan fingerprint density at radius 3 is 3.00 bits per heavy atom. The van der Waals surface area contributed by atoms with Crippen LogP contribution in [0.15, 0.2) is 18.2 Å². The van der Waals surface area contributed by atoms with Crippen molar-refractivity contribution < 1.29 is 0 Å². The highest BCUT2D eigenvalue weighted by atomic mass is 32.1. The molecule has 0 fully saturated rings. The molecule has 1 heteroatoms. The lowest BCUT2D eigenvalue weighted by molar-refractivity contribution is 1.15. The molecule has 0 spiro atoms. The molecule has 0 aliphatic rings. The van der Waals surface area contributed by atoms with E-state index in [1.807, 2.05) is 6.07 Å². The van der Waals surface area contributed by atoms with E-state index in [2.05, 4.69) is 37.8 Å². The van der Waals surface area contributed by atoms with Gasteiger partial charge in [0.2, 0.25) is 0 Å². The molecular formula is C9H11S. The lowest BCUT2D eigenvalue weighted by Gasteiger charge is -1.97. The minimum absolute atomic E-state index is 0.903. The molecule has 0 aliphatic heterocycles. The average molecular weight is 151 g/mol. The normalized spacial score (nSPS) is 9.80. The lowest BCUT2D eigenvalue weighted by Crippen LogP contribution is -1.86. The largest absolute Gasteiger partial charge is 0.179 e. The predicted molar refractivity (Wildman–Crippen MR) is 47.6 cm³/mol. The first-order chi connectivity index (χ1) is 4.83. The van der Waals surface area contributed by atoms with Gasteiger partial charge in [-0.3, -0.25) is 0 Å². The summed E-state index contributed by atoms with van der Waals surface area (Å²) in [6.07, 6.45) is 1.02. The molecule has 1 aromatic rings. The van der Waals surface area contributed by atoms with Gasteiger partial charge >= 0.3 is 0 Å². The van der Waals surface area contributed by atoms with Gasteiger partial charge in [-0.05, 0) is 30.7 Å². The number of hydrogen-bond acceptors (Lipinski definition) is 1. The predicted octanol–water partition coefficient (Wildman–Crippen LogP) is 2.27. The van der Waals surface area contributed by atoms with Crippen LogP contribution in [-0.4, -0.2) is 5.75 Å². The third-order valence-electron chi connectivity index (χ3n) is 1.40. The highest BCUT2D eigenvalue weighted by Gasteiger charge is 1.89. The number of rotatable bonds is 2. The first-order valence-electron chi connectivity index (χ1n) is 3.41. The first kappa shape index (κ1) is 7.67. The topological polar surface area (TPSA) is 0 Å². The smallest absolute Gasteiger partial charge is 0.00571 e. The summed E-state index contributed by atoms with van der Waals surface area (Å²) in [5, 5.41) is 0. The van der Waals surface area contributed by atoms with Crippen LogP contribution in [0.25, 0.3) is 0 Å². The second kappa shape index (κ2) is 3.67. The van der Waals surface area contributed by atoms with Crippen molar-refractivity contribution in [3.05, 3.63) is 35.4 Å². The molecule has 0 saturated heterocycles. The van der Waals surface area contributed by atoms with Crippen LogP contribution in [0, 0.1) is 13.0 Å². The standard InChI is InChI=1S/C9H11S/c1-8-3-2-4-9(7-8)5-6-10/h2-3,7,10H,5-6H2,1H3. The number of benzene rings is 1. The Balaban J connectivity index is 2.75. The molecule has 0 unspecified atom stereocenters. The van der Waals surface area contributed by atoms with Gasteiger partial charge in [-0.15, -0.1) is 0 Å². The van der Waals surface area contributed by atoms with Gasteiger partial charge < -0.3 is 0 Å². The van der Waals surface area contributed by atoms with Crippen molar-refractivity contribution in [2.24, 2.45) is 0 Å². The fourth-order valence-corrected chi connectivity index (χ4v) is 1.15. The van der Waals surface area contributed by atoms with Gasteiger partial charge in [0.15, 0.2) is 0 Å². The third kappa shape index (κ3) is 2.07. The molecule has 10 heavy (non-hydrogen) atoms. The van der Waals surface area contributed by atoms with E-state index in [1.54, 1.807) is 0 Å². The van der Waals surface area contributed by atoms with E-state index in [9.17, 15) is 0 Å². The van der Waals surface area contributed by atoms with E-state index in [0.717, 1.165) is 12.2 Å². The van der Waals surface area contributed by atoms with Gasteiger partial charge in [0.1, 0.15) is 0 Å². The monoisotopic (exact) mass is 151 g/mol. The quantitative estimate of drug-likeness (QED) is 0.616. The Hall–Kier alpha value is -0.430. The van der Waals surface area contributed by atoms with Crippen molar-refractivity contribution in [1.82, 2.24) is 0 Å². The van der Waals surface area contributed by atoms with E-state index in [-0.39, 0.29) is 0 Å². The zero-order valence-electron chi connectivity index (χ0n) is 6.09. The van der Waals surface area contributed by atoms with Crippen molar-refractivity contribution in [3.8, 4) is 0 Å². The fraction of sp³-hybridized carbons (Fsp3) is 0.333. The second-order valence-corrected chi connectivity index (χ2v) is 2.81. The Morgan fingerprint density at radius 1 is 1.60 bits per heavy atom. The van der Waals surface area contributed by atoms with Crippen LogP contribution >= 0.6 is 12.6 Å². The van der Waals surface area contributed by atoms with Crippen molar-refractivity contribution in [3.63, 3.8) is 0 Å². The molecule has 0 saturated carbocycles. The molecule has 1 radical (unpaired) electrons. The summed E-state index contributed by atoms with van der Waals surface area (Å²) >= 11 is 4.15. The maximum Gasteiger partial charge on any atom is -0.00571 e. The maximum absolute atomic E-state index is 4.15. The van der Waals surface area contributed by atoms with Gasteiger partial charge in [0.25, 0.3) is 0 Å². The van der Waals surface area contributed by atoms with E-state index < -0.39 is 0 Å². The summed E-state index contributed by atoms with van der Waals surface area (Å²) in [5.41, 5.74) is 2.56. The number of aryl methyl sites for hydroxylation is 2. The van der Waals surface area contributed by atoms with E-state index in [4.69, 9.17) is 0 Å². The summed E-state index contributed by atoms with van der Waals surface area (Å²) in [7, 11) is 0. The van der Waals surface area contributed by atoms with Crippen molar-refractivity contribution in [2.75, 3.05) is 5.75 Å². The summed E-state index contributed by atoms with van der Waals surface area (Å²) < 4.78 is 0. The van der Waals surface area contributed by atoms with Crippen LogP contribution < -0.4 is 0 Å². The van der Waals surface area contributed by atoms with Gasteiger partial charge in [-0.25, -0.2) is 0 Å². The molecule has 0 aromatic heterocycles. The Kier molecular flexibility index (Phi) is 2.82. The van der Waals surface area contributed by atoms with E-state index in [0.29, 0.717) is 0 Å². The average Bonchev–Trinajstić information content (AvgIpc) is 1.88. The third-order valence-corrected chi connectivity index (χ3v) is 1.62. The number of hydrogen-bond donors (Lipinski definition) is 1. The molecule has 53 valence electrons. The fourth-order valence-electron chi connectivity index (χ4n) is 0.910. The summed E-state index contributed by atoms with van der Waals surface area (Å²) in [5.74, 6) is 0.903. The summed E-state index contributed by atoms with van der Waals surface area (Å²) in [6.45, 7) is 2.09. The molecule has 1 aromatic carbocycles. The molecule has 0 N–H and O–H groups in total. The number of thiol groups is 1. The van der Waals surface area contributed by atoms with Crippen LogP contribution in [0.3, 0.4) is 0 Å². The highest BCUT2D eigenvalue weighted by molar-refractivity contribution is 7.80. The zero-order valence-corrected chi connectivity index (χ0v) is 6.99. The Labute approximate surface area is 67.7 Å². The van der Waals surface area contributed by atoms with Gasteiger partial charge in [-0.1, -0.05) is 23.8 Å². The van der Waals surface area contributed by atoms with Gasteiger partial charge in [0, 0.05) is 0 Å². The van der Waals surface area contributed by atoms with Crippen molar-refractivity contribution in [1.29, 1.82) is 0 Å². The van der Waals surface area contributed by atoms with Gasteiger partial charge in [0.05, 0.1) is 0 Å².